The highest BCUT2D eigenvalue weighted by molar-refractivity contribution is 5.82. The number of rotatable bonds is 2. The predicted octanol–water partition coefficient (Wildman–Crippen LogP) is 1.36. The summed E-state index contributed by atoms with van der Waals surface area (Å²) < 4.78 is 1.97. The first-order valence-electron chi connectivity index (χ1n) is 5.14. The molecule has 2 heterocycles. The Morgan fingerprint density at radius 2 is 2.31 bits per heavy atom. The van der Waals surface area contributed by atoms with Crippen molar-refractivity contribution in [3.05, 3.63) is 12.2 Å². The highest BCUT2D eigenvalue weighted by Gasteiger charge is 2.13. The number of imidazole rings is 1. The number of hydrogen-bond donors (Lipinski definition) is 1. The zero-order valence-corrected chi connectivity index (χ0v) is 9.31. The third kappa shape index (κ3) is 1.48. The lowest BCUT2D eigenvalue weighted by Crippen LogP contribution is -2.05. The van der Waals surface area contributed by atoms with Crippen LogP contribution in [0.25, 0.3) is 11.2 Å². The molecule has 16 heavy (non-hydrogen) atoms. The number of nitrogens with two attached hydrogens (primary N) is 1. The molecule has 0 aromatic carbocycles. The van der Waals surface area contributed by atoms with Crippen molar-refractivity contribution in [1.29, 1.82) is 0 Å². The van der Waals surface area contributed by atoms with Gasteiger partial charge in [0, 0.05) is 6.04 Å². The molecule has 0 fully saturated rings. The van der Waals surface area contributed by atoms with E-state index in [0.717, 1.165) is 6.42 Å². The van der Waals surface area contributed by atoms with Crippen LogP contribution in [0.4, 0.5) is 5.82 Å². The van der Waals surface area contributed by atoms with Crippen LogP contribution in [-0.4, -0.2) is 19.5 Å². The van der Waals surface area contributed by atoms with Crippen LogP contribution in [0.2, 0.25) is 0 Å². The Morgan fingerprint density at radius 1 is 1.56 bits per heavy atom. The molecule has 0 amide bonds. The Hall–Kier alpha value is -2.09. The molecule has 0 aliphatic heterocycles. The van der Waals surface area contributed by atoms with Crippen LogP contribution in [0.3, 0.4) is 0 Å². The van der Waals surface area contributed by atoms with Gasteiger partial charge in [-0.05, 0) is 19.3 Å². The fraction of sp³-hybridized carbons (Fsp3) is 0.364. The number of aromatic nitrogens is 4. The highest BCUT2D eigenvalue weighted by atomic mass is 15.1. The van der Waals surface area contributed by atoms with E-state index in [1.54, 1.807) is 6.33 Å². The topological polar surface area (TPSA) is 69.6 Å². The number of fused-ring (bicyclic) bond motifs is 1. The van der Waals surface area contributed by atoms with Crippen LogP contribution < -0.4 is 5.73 Å². The molecule has 0 radical (unpaired) electrons. The summed E-state index contributed by atoms with van der Waals surface area (Å²) in [4.78, 5) is 12.4. The average molecular weight is 215 g/mol. The quantitative estimate of drug-likeness (QED) is 0.768. The van der Waals surface area contributed by atoms with E-state index in [9.17, 15) is 0 Å². The van der Waals surface area contributed by atoms with Gasteiger partial charge in [0.05, 0.1) is 6.33 Å². The molecule has 82 valence electrons. The van der Waals surface area contributed by atoms with E-state index in [1.807, 2.05) is 4.57 Å². The first-order chi connectivity index (χ1) is 7.67. The van der Waals surface area contributed by atoms with Gasteiger partial charge in [-0.25, -0.2) is 15.0 Å². The fourth-order valence-corrected chi connectivity index (χ4v) is 1.52. The third-order valence-corrected chi connectivity index (χ3v) is 2.64. The van der Waals surface area contributed by atoms with Crippen molar-refractivity contribution in [3.63, 3.8) is 0 Å². The Morgan fingerprint density at radius 3 is 2.94 bits per heavy atom. The lowest BCUT2D eigenvalue weighted by atomic mass is 10.2. The second-order valence-electron chi connectivity index (χ2n) is 3.66. The Kier molecular flexibility index (Phi) is 2.49. The first kappa shape index (κ1) is 10.4. The summed E-state index contributed by atoms with van der Waals surface area (Å²) in [6.45, 7) is 4.19. The van der Waals surface area contributed by atoms with Crippen molar-refractivity contribution < 1.29 is 0 Å². The summed E-state index contributed by atoms with van der Waals surface area (Å²) in [6.07, 6.45) is 7.99. The van der Waals surface area contributed by atoms with E-state index < -0.39 is 0 Å². The van der Waals surface area contributed by atoms with Crippen LogP contribution in [-0.2, 0) is 0 Å². The Bertz CT molecular complexity index is 563. The molecule has 0 bridgehead atoms. The first-order valence-corrected chi connectivity index (χ1v) is 5.14. The maximum atomic E-state index is 5.77. The van der Waals surface area contributed by atoms with Gasteiger partial charge in [-0.1, -0.05) is 6.92 Å². The van der Waals surface area contributed by atoms with Crippen molar-refractivity contribution >= 4 is 17.0 Å². The molecule has 0 aliphatic rings. The molecular formula is C11H13N5. The van der Waals surface area contributed by atoms with Gasteiger partial charge < -0.3 is 10.3 Å². The summed E-state index contributed by atoms with van der Waals surface area (Å²) in [5.74, 6) is 3.02. The number of hydrogen-bond acceptors (Lipinski definition) is 4. The van der Waals surface area contributed by atoms with E-state index in [1.165, 1.54) is 0 Å². The molecular weight excluding hydrogens is 202 g/mol. The zero-order valence-electron chi connectivity index (χ0n) is 9.31. The lowest BCUT2D eigenvalue weighted by Gasteiger charge is -2.10. The molecule has 0 saturated heterocycles. The molecule has 0 saturated carbocycles. The lowest BCUT2D eigenvalue weighted by molar-refractivity contribution is 0.541. The Labute approximate surface area is 93.7 Å². The van der Waals surface area contributed by atoms with Crippen molar-refractivity contribution in [2.45, 2.75) is 26.3 Å². The minimum Gasteiger partial charge on any atom is -0.382 e. The minimum atomic E-state index is 0.301. The molecule has 5 nitrogen and oxygen atoms in total. The number of nitrogens with zero attached hydrogens (tertiary/aromatic N) is 4. The van der Waals surface area contributed by atoms with Crippen LogP contribution in [0.1, 0.15) is 32.1 Å². The van der Waals surface area contributed by atoms with Crippen molar-refractivity contribution in [1.82, 2.24) is 19.5 Å². The van der Waals surface area contributed by atoms with Gasteiger partial charge in [0.25, 0.3) is 0 Å². The van der Waals surface area contributed by atoms with E-state index in [4.69, 9.17) is 12.2 Å². The average Bonchev–Trinajstić information content (AvgIpc) is 2.72. The fourth-order valence-electron chi connectivity index (χ4n) is 1.52. The van der Waals surface area contributed by atoms with Gasteiger partial charge in [0.15, 0.2) is 11.5 Å². The van der Waals surface area contributed by atoms with Crippen molar-refractivity contribution in [3.8, 4) is 12.3 Å². The predicted molar refractivity (Wildman–Crippen MR) is 62.7 cm³/mol. The largest absolute Gasteiger partial charge is 0.382 e. The third-order valence-electron chi connectivity index (χ3n) is 2.64. The standard InChI is InChI=1S/C11H13N5/c1-4-7(3)16-6-13-9-10(12)14-8(5-2)15-11(9)16/h2,6-7H,4H2,1,3H3,(H2,12,14,15)/t7-/m1/s1. The van der Waals surface area contributed by atoms with Gasteiger partial charge in [-0.2, -0.15) is 0 Å². The molecule has 0 spiro atoms. The number of terminal acetylenes is 1. The maximum Gasteiger partial charge on any atom is 0.208 e. The van der Waals surface area contributed by atoms with E-state index in [-0.39, 0.29) is 0 Å². The smallest absolute Gasteiger partial charge is 0.208 e. The molecule has 0 unspecified atom stereocenters. The van der Waals surface area contributed by atoms with Gasteiger partial charge in [-0.3, -0.25) is 0 Å². The molecule has 2 aromatic heterocycles. The maximum absolute atomic E-state index is 5.77. The van der Waals surface area contributed by atoms with Crippen LogP contribution in [0.5, 0.6) is 0 Å². The van der Waals surface area contributed by atoms with Gasteiger partial charge in [0.2, 0.25) is 5.82 Å². The summed E-state index contributed by atoms with van der Waals surface area (Å²) in [6, 6.07) is 0.310. The summed E-state index contributed by atoms with van der Waals surface area (Å²) in [7, 11) is 0. The molecule has 2 aromatic rings. The van der Waals surface area contributed by atoms with Gasteiger partial charge in [-0.15, -0.1) is 6.42 Å². The molecule has 1 atom stereocenters. The van der Waals surface area contributed by atoms with Gasteiger partial charge in [0.1, 0.15) is 5.52 Å². The van der Waals surface area contributed by atoms with Gasteiger partial charge >= 0.3 is 0 Å². The highest BCUT2D eigenvalue weighted by Crippen LogP contribution is 2.20. The molecule has 2 N–H and O–H groups in total. The Balaban J connectivity index is 2.71. The van der Waals surface area contributed by atoms with Crippen molar-refractivity contribution in [2.75, 3.05) is 5.73 Å². The summed E-state index contributed by atoms with van der Waals surface area (Å²) in [5, 5.41) is 0. The van der Waals surface area contributed by atoms with E-state index in [2.05, 4.69) is 34.7 Å². The van der Waals surface area contributed by atoms with Crippen LogP contribution in [0, 0.1) is 12.3 Å². The van der Waals surface area contributed by atoms with E-state index in [0.29, 0.717) is 28.8 Å². The number of anilines is 1. The van der Waals surface area contributed by atoms with Crippen LogP contribution >= 0.6 is 0 Å². The SMILES string of the molecule is C#Cc1nc(N)c2ncn([C@H](C)CC)c2n1. The van der Waals surface area contributed by atoms with Crippen molar-refractivity contribution in [2.24, 2.45) is 0 Å². The monoisotopic (exact) mass is 215 g/mol. The molecule has 5 heteroatoms. The van der Waals surface area contributed by atoms with E-state index >= 15 is 0 Å². The van der Waals surface area contributed by atoms with Crippen LogP contribution in [0.15, 0.2) is 6.33 Å². The minimum absolute atomic E-state index is 0.301. The summed E-state index contributed by atoms with van der Waals surface area (Å²) >= 11 is 0. The summed E-state index contributed by atoms with van der Waals surface area (Å²) in [5.41, 5.74) is 7.08. The number of nitrogen functional groups attached to an aromatic ring is 1. The second kappa shape index (κ2) is 3.81. The molecule has 2 rings (SSSR count). The second-order valence-corrected chi connectivity index (χ2v) is 3.66. The zero-order chi connectivity index (χ0) is 11.7. The molecule has 0 aliphatic carbocycles. The normalized spacial score (nSPS) is 12.6.